The van der Waals surface area contributed by atoms with Gasteiger partial charge in [-0.3, -0.25) is 0 Å². The van der Waals surface area contributed by atoms with Gasteiger partial charge in [0.2, 0.25) is 0 Å². The average Bonchev–Trinajstić information content (AvgIpc) is 2.68. The molecule has 0 spiro atoms. The van der Waals surface area contributed by atoms with Crippen molar-refractivity contribution in [1.82, 2.24) is 5.32 Å². The Balaban J connectivity index is 1.74. The molecular formula is C17H23N. The molecular weight excluding hydrogens is 218 g/mol. The van der Waals surface area contributed by atoms with E-state index in [1.54, 1.807) is 0 Å². The highest BCUT2D eigenvalue weighted by Gasteiger charge is 2.32. The molecule has 0 aromatic heterocycles. The Kier molecular flexibility index (Phi) is 3.25. The van der Waals surface area contributed by atoms with E-state index >= 15 is 0 Å². The van der Waals surface area contributed by atoms with Gasteiger partial charge in [0.05, 0.1) is 0 Å². The number of allylic oxidation sites excluding steroid dienone is 1. The number of benzene rings is 1. The molecule has 2 aliphatic heterocycles. The monoisotopic (exact) mass is 241 g/mol. The van der Waals surface area contributed by atoms with Gasteiger partial charge in [-0.25, -0.2) is 0 Å². The highest BCUT2D eigenvalue weighted by Crippen LogP contribution is 2.32. The zero-order valence-electron chi connectivity index (χ0n) is 11.4. The van der Waals surface area contributed by atoms with Crippen LogP contribution in [0.2, 0.25) is 0 Å². The predicted octanol–water partition coefficient (Wildman–Crippen LogP) is 3.85. The van der Waals surface area contributed by atoms with Crippen LogP contribution < -0.4 is 5.32 Å². The average molecular weight is 241 g/mol. The van der Waals surface area contributed by atoms with Gasteiger partial charge in [0.15, 0.2) is 0 Å². The summed E-state index contributed by atoms with van der Waals surface area (Å²) in [6, 6.07) is 8.14. The second-order valence-electron chi connectivity index (χ2n) is 6.03. The van der Waals surface area contributed by atoms with Gasteiger partial charge in [-0.1, -0.05) is 30.4 Å². The van der Waals surface area contributed by atoms with E-state index in [-0.39, 0.29) is 0 Å². The molecule has 2 bridgehead atoms. The van der Waals surface area contributed by atoms with E-state index in [1.165, 1.54) is 42.4 Å². The first-order chi connectivity index (χ1) is 8.72. The normalized spacial score (nSPS) is 31.1. The molecule has 18 heavy (non-hydrogen) atoms. The summed E-state index contributed by atoms with van der Waals surface area (Å²) < 4.78 is 0. The Morgan fingerprint density at radius 1 is 1.06 bits per heavy atom. The third-order valence-corrected chi connectivity index (χ3v) is 4.59. The predicted molar refractivity (Wildman–Crippen MR) is 77.6 cm³/mol. The summed E-state index contributed by atoms with van der Waals surface area (Å²) >= 11 is 0. The Bertz CT molecular complexity index is 428. The van der Waals surface area contributed by atoms with Crippen LogP contribution in [0.4, 0.5) is 0 Å². The van der Waals surface area contributed by atoms with Crippen molar-refractivity contribution in [2.24, 2.45) is 5.92 Å². The number of piperidine rings is 1. The minimum Gasteiger partial charge on any atom is -0.311 e. The van der Waals surface area contributed by atoms with Crippen molar-refractivity contribution >= 4 is 6.08 Å². The maximum Gasteiger partial charge on any atom is 0.00758 e. The molecule has 0 radical (unpaired) electrons. The van der Waals surface area contributed by atoms with Gasteiger partial charge < -0.3 is 5.32 Å². The molecule has 1 heteroatoms. The van der Waals surface area contributed by atoms with Crippen LogP contribution in [0.15, 0.2) is 24.3 Å². The molecule has 0 aliphatic carbocycles. The molecule has 96 valence electrons. The zero-order chi connectivity index (χ0) is 12.5. The highest BCUT2D eigenvalue weighted by atomic mass is 15.0. The topological polar surface area (TPSA) is 12.0 Å². The maximum atomic E-state index is 3.71. The van der Waals surface area contributed by atoms with Crippen LogP contribution in [-0.4, -0.2) is 12.1 Å². The molecule has 2 aliphatic rings. The second kappa shape index (κ2) is 4.89. The fourth-order valence-corrected chi connectivity index (χ4v) is 3.58. The van der Waals surface area contributed by atoms with Gasteiger partial charge in [-0.15, -0.1) is 0 Å². The molecule has 2 fully saturated rings. The molecule has 1 aromatic rings. The van der Waals surface area contributed by atoms with Crippen molar-refractivity contribution in [3.05, 3.63) is 41.0 Å². The van der Waals surface area contributed by atoms with Crippen molar-refractivity contribution in [3.63, 3.8) is 0 Å². The molecule has 2 saturated heterocycles. The van der Waals surface area contributed by atoms with E-state index in [0.29, 0.717) is 0 Å². The lowest BCUT2D eigenvalue weighted by molar-refractivity contribution is 0.345. The minimum absolute atomic E-state index is 0.780. The minimum atomic E-state index is 0.780. The van der Waals surface area contributed by atoms with E-state index in [1.807, 2.05) is 0 Å². The van der Waals surface area contributed by atoms with Crippen LogP contribution in [0, 0.1) is 19.8 Å². The van der Waals surface area contributed by atoms with Gasteiger partial charge in [0.25, 0.3) is 0 Å². The number of fused-ring (bicyclic) bond motifs is 2. The smallest absolute Gasteiger partial charge is 0.00758 e. The fraction of sp³-hybridized carbons (Fsp3) is 0.529. The molecule has 1 N–H and O–H groups in total. The fourth-order valence-electron chi connectivity index (χ4n) is 3.58. The lowest BCUT2D eigenvalue weighted by Gasteiger charge is -2.27. The summed E-state index contributed by atoms with van der Waals surface area (Å²) in [6.45, 7) is 4.41. The largest absolute Gasteiger partial charge is 0.311 e. The number of aryl methyl sites for hydroxylation is 2. The number of hydrogen-bond acceptors (Lipinski definition) is 1. The first-order valence-electron chi connectivity index (χ1n) is 7.23. The molecule has 2 heterocycles. The summed E-state index contributed by atoms with van der Waals surface area (Å²) in [5.41, 5.74) is 4.20. The molecule has 0 saturated carbocycles. The summed E-state index contributed by atoms with van der Waals surface area (Å²) in [5.74, 6) is 0.780. The quantitative estimate of drug-likeness (QED) is 0.829. The zero-order valence-corrected chi connectivity index (χ0v) is 11.4. The first kappa shape index (κ1) is 12.0. The third kappa shape index (κ3) is 2.37. The van der Waals surface area contributed by atoms with E-state index < -0.39 is 0 Å². The molecule has 1 nitrogen and oxygen atoms in total. The molecule has 1 aromatic carbocycles. The van der Waals surface area contributed by atoms with E-state index in [4.69, 9.17) is 0 Å². The third-order valence-electron chi connectivity index (χ3n) is 4.59. The summed E-state index contributed by atoms with van der Waals surface area (Å²) in [5, 5.41) is 3.71. The van der Waals surface area contributed by atoms with Crippen molar-refractivity contribution in [1.29, 1.82) is 0 Å². The van der Waals surface area contributed by atoms with Crippen LogP contribution in [0.25, 0.3) is 6.08 Å². The molecule has 3 rings (SSSR count). The van der Waals surface area contributed by atoms with Gasteiger partial charge in [-0.2, -0.15) is 0 Å². The lowest BCUT2D eigenvalue weighted by Crippen LogP contribution is -2.37. The van der Waals surface area contributed by atoms with E-state index in [0.717, 1.165) is 18.0 Å². The second-order valence-corrected chi connectivity index (χ2v) is 6.03. The standard InChI is InChI=1S/C17H23N/c1-12-4-3-5-13(2)17(12)9-6-14-10-15-7-8-16(11-14)18-15/h3-6,9,14-16,18H,7-8,10-11H2,1-2H3. The molecule has 2 atom stereocenters. The van der Waals surface area contributed by atoms with Gasteiger partial charge in [0.1, 0.15) is 0 Å². The summed E-state index contributed by atoms with van der Waals surface area (Å²) in [4.78, 5) is 0. The van der Waals surface area contributed by atoms with Crippen molar-refractivity contribution in [3.8, 4) is 0 Å². The number of hydrogen-bond donors (Lipinski definition) is 1. The van der Waals surface area contributed by atoms with E-state index in [9.17, 15) is 0 Å². The van der Waals surface area contributed by atoms with Crippen LogP contribution >= 0.6 is 0 Å². The van der Waals surface area contributed by atoms with Crippen LogP contribution in [0.3, 0.4) is 0 Å². The summed E-state index contributed by atoms with van der Waals surface area (Å²) in [7, 11) is 0. The van der Waals surface area contributed by atoms with Crippen LogP contribution in [-0.2, 0) is 0 Å². The Morgan fingerprint density at radius 2 is 1.67 bits per heavy atom. The SMILES string of the molecule is Cc1cccc(C)c1C=CC1CC2CCC(C1)N2. The van der Waals surface area contributed by atoms with Gasteiger partial charge in [-0.05, 0) is 62.1 Å². The maximum absolute atomic E-state index is 3.71. The summed E-state index contributed by atoms with van der Waals surface area (Å²) in [6.07, 6.45) is 10.3. The Labute approximate surface area is 110 Å². The van der Waals surface area contributed by atoms with E-state index in [2.05, 4.69) is 49.5 Å². The molecule has 2 unspecified atom stereocenters. The van der Waals surface area contributed by atoms with Crippen LogP contribution in [0.1, 0.15) is 42.4 Å². The van der Waals surface area contributed by atoms with Crippen molar-refractivity contribution < 1.29 is 0 Å². The highest BCUT2D eigenvalue weighted by molar-refractivity contribution is 5.57. The Hall–Kier alpha value is -1.08. The van der Waals surface area contributed by atoms with Gasteiger partial charge in [0, 0.05) is 12.1 Å². The van der Waals surface area contributed by atoms with Crippen molar-refractivity contribution in [2.45, 2.75) is 51.6 Å². The van der Waals surface area contributed by atoms with Gasteiger partial charge >= 0.3 is 0 Å². The number of nitrogens with one attached hydrogen (secondary N) is 1. The molecule has 0 amide bonds. The Morgan fingerprint density at radius 3 is 2.28 bits per heavy atom. The number of rotatable bonds is 2. The van der Waals surface area contributed by atoms with Crippen molar-refractivity contribution in [2.75, 3.05) is 0 Å². The first-order valence-corrected chi connectivity index (χ1v) is 7.23. The van der Waals surface area contributed by atoms with Crippen LogP contribution in [0.5, 0.6) is 0 Å². The lowest BCUT2D eigenvalue weighted by atomic mass is 9.91.